The minimum absolute atomic E-state index is 0.671. The largest absolute Gasteiger partial charge is 0.0575 e. The van der Waals surface area contributed by atoms with E-state index in [1.165, 1.54) is 0 Å². The van der Waals surface area contributed by atoms with Gasteiger partial charge in [-0.3, -0.25) is 0 Å². The van der Waals surface area contributed by atoms with E-state index < -0.39 is 0 Å². The molecule has 0 fully saturated rings. The average Bonchev–Trinajstić information content (AvgIpc) is 1.89. The number of rotatable bonds is 2. The normalized spacial score (nSPS) is 10.2. The van der Waals surface area contributed by atoms with Crippen LogP contribution in [0.5, 0.6) is 0 Å². The minimum atomic E-state index is 0.671. The highest BCUT2D eigenvalue weighted by Gasteiger charge is 1.77. The molecule has 0 saturated heterocycles. The lowest BCUT2D eigenvalue weighted by Gasteiger charge is -1.80. The molecular weight excluding hydrogens is 198 g/mol. The van der Waals surface area contributed by atoms with Crippen LogP contribution in [0.1, 0.15) is 27.7 Å². The Morgan fingerprint density at radius 3 is 0.900 bits per heavy atom. The summed E-state index contributed by atoms with van der Waals surface area (Å²) in [7, 11) is 2.16. The predicted octanol–water partition coefficient (Wildman–Crippen LogP) is 3.61. The molecule has 0 atom stereocenters. The van der Waals surface area contributed by atoms with Crippen molar-refractivity contribution in [2.45, 2.75) is 39.0 Å². The third-order valence-electron chi connectivity index (χ3n) is 0.422. The maximum absolute atomic E-state index is 4.65. The Morgan fingerprint density at radius 2 is 0.900 bits per heavy atom. The van der Waals surface area contributed by atoms with Gasteiger partial charge in [0.15, 0.2) is 0 Å². The first-order valence-electron chi connectivity index (χ1n) is 3.19. The monoisotopic (exact) mass is 212 g/mol. The third-order valence-corrected chi connectivity index (χ3v) is 3.79. The van der Waals surface area contributed by atoms with Crippen LogP contribution in [-0.2, 0) is 23.6 Å². The second-order valence-electron chi connectivity index (χ2n) is 2.40. The van der Waals surface area contributed by atoms with Crippen LogP contribution in [0.4, 0.5) is 0 Å². The van der Waals surface area contributed by atoms with Gasteiger partial charge in [0.1, 0.15) is 0 Å². The van der Waals surface area contributed by atoms with E-state index in [1.807, 2.05) is 0 Å². The van der Waals surface area contributed by atoms with Gasteiger partial charge in [0, 0.05) is 11.3 Å². The van der Waals surface area contributed by atoms with Gasteiger partial charge in [0.05, 0.1) is 0 Å². The molecule has 0 aliphatic rings. The van der Waals surface area contributed by atoms with Crippen LogP contribution < -0.4 is 0 Å². The second-order valence-corrected chi connectivity index (χ2v) is 6.15. The van der Waals surface area contributed by atoms with Crippen LogP contribution in [0.15, 0.2) is 0 Å². The van der Waals surface area contributed by atoms with E-state index in [1.54, 1.807) is 0 Å². The molecule has 0 saturated carbocycles. The minimum Gasteiger partial charge on any atom is -0.0575 e. The van der Waals surface area contributed by atoms with Crippen molar-refractivity contribution in [2.75, 3.05) is 0 Å². The van der Waals surface area contributed by atoms with Gasteiger partial charge in [-0.1, -0.05) is 51.3 Å². The molecule has 10 heavy (non-hydrogen) atoms. The molecule has 0 amide bonds. The second kappa shape index (κ2) is 10.0. The molecule has 0 aliphatic heterocycles. The molecule has 0 nitrogen and oxygen atoms in total. The van der Waals surface area contributed by atoms with Crippen molar-refractivity contribution in [1.82, 2.24) is 0 Å². The van der Waals surface area contributed by atoms with Gasteiger partial charge in [-0.2, -0.15) is 0 Å². The van der Waals surface area contributed by atoms with E-state index in [0.29, 0.717) is 11.3 Å². The topological polar surface area (TPSA) is 0 Å². The molecule has 0 aromatic carbocycles. The molecule has 0 spiro atoms. The summed E-state index contributed by atoms with van der Waals surface area (Å²) in [4.78, 5) is 0. The van der Waals surface area contributed by atoms with Crippen LogP contribution in [-0.4, -0.2) is 11.3 Å². The fourth-order valence-corrected chi connectivity index (χ4v) is 0. The first-order chi connectivity index (χ1) is 4.54. The van der Waals surface area contributed by atoms with Gasteiger partial charge in [-0.05, 0) is 14.7 Å². The summed E-state index contributed by atoms with van der Waals surface area (Å²) in [6, 6.07) is 0. The van der Waals surface area contributed by atoms with Gasteiger partial charge in [0.25, 0.3) is 0 Å². The Bertz CT molecular complexity index is 79.7. The van der Waals surface area contributed by atoms with E-state index in [2.05, 4.69) is 51.3 Å². The molecular formula is C6H14P2S2. The summed E-state index contributed by atoms with van der Waals surface area (Å²) in [6.45, 7) is 8.42. The molecule has 0 aliphatic carbocycles. The zero-order valence-electron chi connectivity index (χ0n) is 6.87. The molecule has 0 unspecified atom stereocenters. The van der Waals surface area contributed by atoms with E-state index >= 15 is 0 Å². The van der Waals surface area contributed by atoms with E-state index in [4.69, 9.17) is 0 Å². The summed E-state index contributed by atoms with van der Waals surface area (Å²) in [5, 5.41) is 0. The Morgan fingerprint density at radius 1 is 0.800 bits per heavy atom. The summed E-state index contributed by atoms with van der Waals surface area (Å²) in [5.41, 5.74) is 1.34. The standard InChI is InChI=1S/2C3H7PS/c2*1-3(2)4-5/h2*3H,1-2H3. The third kappa shape index (κ3) is 23.0. The van der Waals surface area contributed by atoms with Gasteiger partial charge in [-0.25, -0.2) is 0 Å². The average molecular weight is 212 g/mol. The maximum Gasteiger partial charge on any atom is 0.00565 e. The lowest BCUT2D eigenvalue weighted by Crippen LogP contribution is -1.72. The van der Waals surface area contributed by atoms with E-state index in [9.17, 15) is 0 Å². The maximum atomic E-state index is 4.65. The smallest absolute Gasteiger partial charge is 0.00565 e. The number of hydrogen-bond acceptors (Lipinski definition) is 2. The van der Waals surface area contributed by atoms with Crippen molar-refractivity contribution >= 4 is 38.3 Å². The molecule has 0 radical (unpaired) electrons. The van der Waals surface area contributed by atoms with Gasteiger partial charge in [-0.15, -0.1) is 0 Å². The van der Waals surface area contributed by atoms with E-state index in [-0.39, 0.29) is 0 Å². The van der Waals surface area contributed by atoms with Gasteiger partial charge in [0.2, 0.25) is 0 Å². The quantitative estimate of drug-likeness (QED) is 0.641. The Hall–Kier alpha value is 1.04. The SMILES string of the molecule is CC(C)P=S.CC(C)P=S. The number of hydrogen-bond donors (Lipinski definition) is 0. The molecule has 0 N–H and O–H groups in total. The molecule has 0 aromatic heterocycles. The molecule has 60 valence electrons. The first kappa shape index (κ1) is 13.6. The summed E-state index contributed by atoms with van der Waals surface area (Å²) >= 11 is 9.30. The highest BCUT2D eigenvalue weighted by atomic mass is 32.4. The van der Waals surface area contributed by atoms with Crippen molar-refractivity contribution in [3.8, 4) is 0 Å². The fourth-order valence-electron chi connectivity index (χ4n) is 0. The lowest BCUT2D eigenvalue weighted by atomic mass is 10.6. The van der Waals surface area contributed by atoms with Crippen LogP contribution in [0.25, 0.3) is 0 Å². The molecule has 0 rings (SSSR count). The van der Waals surface area contributed by atoms with Crippen LogP contribution >= 0.6 is 14.7 Å². The van der Waals surface area contributed by atoms with Crippen LogP contribution in [0, 0.1) is 0 Å². The van der Waals surface area contributed by atoms with Crippen molar-refractivity contribution in [3.63, 3.8) is 0 Å². The Labute approximate surface area is 77.5 Å². The van der Waals surface area contributed by atoms with Crippen LogP contribution in [0.2, 0.25) is 0 Å². The molecule has 0 heterocycles. The first-order valence-corrected chi connectivity index (χ1v) is 7.14. The Kier molecular flexibility index (Phi) is 13.7. The lowest BCUT2D eigenvalue weighted by molar-refractivity contribution is 1.12. The molecule has 4 heteroatoms. The molecule has 0 aromatic rings. The highest BCUT2D eigenvalue weighted by Crippen LogP contribution is 2.00. The summed E-state index contributed by atoms with van der Waals surface area (Å²) in [5.74, 6) is 0. The van der Waals surface area contributed by atoms with Crippen molar-refractivity contribution in [2.24, 2.45) is 0 Å². The van der Waals surface area contributed by atoms with Crippen LogP contribution in [0.3, 0.4) is 0 Å². The van der Waals surface area contributed by atoms with Gasteiger partial charge < -0.3 is 0 Å². The summed E-state index contributed by atoms with van der Waals surface area (Å²) < 4.78 is 0. The van der Waals surface area contributed by atoms with E-state index in [0.717, 1.165) is 14.7 Å². The fraction of sp³-hybridized carbons (Fsp3) is 1.00. The van der Waals surface area contributed by atoms with Crippen molar-refractivity contribution in [3.05, 3.63) is 0 Å². The Balaban J connectivity index is 0. The zero-order valence-corrected chi connectivity index (χ0v) is 10.3. The molecule has 0 bridgehead atoms. The van der Waals surface area contributed by atoms with Crippen molar-refractivity contribution in [1.29, 1.82) is 0 Å². The van der Waals surface area contributed by atoms with Gasteiger partial charge >= 0.3 is 0 Å². The zero-order chi connectivity index (χ0) is 8.57. The summed E-state index contributed by atoms with van der Waals surface area (Å²) in [6.07, 6.45) is 0. The predicted molar refractivity (Wildman–Crippen MR) is 58.8 cm³/mol. The van der Waals surface area contributed by atoms with Crippen molar-refractivity contribution < 1.29 is 0 Å². The highest BCUT2D eigenvalue weighted by molar-refractivity contribution is 7.97.